The first-order valence-corrected chi connectivity index (χ1v) is 24.4. The lowest BCUT2D eigenvalue weighted by Gasteiger charge is -2.37. The molecule has 0 radical (unpaired) electrons. The van der Waals surface area contributed by atoms with Gasteiger partial charge in [-0.15, -0.1) is 0 Å². The maximum absolute atomic E-state index is 15.4. The molecule has 7 heteroatoms. The van der Waals surface area contributed by atoms with E-state index in [0.717, 1.165) is 101 Å². The van der Waals surface area contributed by atoms with Crippen molar-refractivity contribution in [3.05, 3.63) is 25.3 Å². The van der Waals surface area contributed by atoms with Crippen LogP contribution in [0.25, 0.3) is 0 Å². The molecule has 5 aliphatic rings. The molecule has 5 fully saturated rings. The van der Waals surface area contributed by atoms with Crippen molar-refractivity contribution < 1.29 is 32.9 Å². The fraction of sp³-hybridized carbons (Fsp3) is 0.808. The summed E-state index contributed by atoms with van der Waals surface area (Å²) in [4.78, 5) is 22.2. The number of alkyl halides is 1. The molecule has 0 bridgehead atoms. The summed E-state index contributed by atoms with van der Waals surface area (Å²) in [5.41, 5.74) is 0. The number of hydrogen-bond donors (Lipinski definition) is 0. The highest BCUT2D eigenvalue weighted by Gasteiger charge is 2.33. The van der Waals surface area contributed by atoms with E-state index in [1.807, 2.05) is 0 Å². The number of unbranched alkanes of at least 4 members (excludes halogenated alkanes) is 6. The van der Waals surface area contributed by atoms with E-state index in [2.05, 4.69) is 36.8 Å². The Morgan fingerprint density at radius 2 is 0.814 bits per heavy atom. The second-order valence-corrected chi connectivity index (χ2v) is 18.8. The monoisotopic (exact) mass is 819 g/mol. The molecule has 3 unspecified atom stereocenters. The van der Waals surface area contributed by atoms with E-state index in [0.29, 0.717) is 43.7 Å². The predicted octanol–water partition coefficient (Wildman–Crippen LogP) is 12.1. The Hall–Kier alpha value is -2.61. The molecule has 6 nitrogen and oxygen atoms in total. The third kappa shape index (κ3) is 17.7. The Balaban J connectivity index is 0.863. The van der Waals surface area contributed by atoms with Crippen LogP contribution >= 0.6 is 0 Å². The highest BCUT2D eigenvalue weighted by atomic mass is 19.1. The minimum Gasteiger partial charge on any atom is -0.463 e. The molecule has 0 spiro atoms. The molecule has 0 aliphatic heterocycles. The SMILES string of the molecule is C=CC(=O)OCCCCCCOC1CCC(C2CCC(C#CC3CCC(C#CC4CCC(C5CCC(OCCCCCCOC(=O)C=C)CC5)CC4)C(F)C3)CC2)CC1. The smallest absolute Gasteiger partial charge is 0.330 e. The van der Waals surface area contributed by atoms with Crippen molar-refractivity contribution in [2.45, 2.75) is 192 Å². The molecular weight excluding hydrogens is 740 g/mol. The zero-order valence-electron chi connectivity index (χ0n) is 36.7. The second-order valence-electron chi connectivity index (χ2n) is 18.8. The van der Waals surface area contributed by atoms with Crippen molar-refractivity contribution in [1.29, 1.82) is 0 Å². The van der Waals surface area contributed by atoms with Gasteiger partial charge in [-0.2, -0.15) is 0 Å². The quantitative estimate of drug-likeness (QED) is 0.0527. The average Bonchev–Trinajstić information content (AvgIpc) is 3.27. The van der Waals surface area contributed by atoms with Gasteiger partial charge < -0.3 is 18.9 Å². The fourth-order valence-electron chi connectivity index (χ4n) is 10.9. The molecule has 0 saturated heterocycles. The topological polar surface area (TPSA) is 71.1 Å². The van der Waals surface area contributed by atoms with Crippen molar-refractivity contribution >= 4 is 11.9 Å². The second kappa shape index (κ2) is 27.4. The van der Waals surface area contributed by atoms with E-state index >= 15 is 4.39 Å². The summed E-state index contributed by atoms with van der Waals surface area (Å²) in [6.07, 6.45) is 33.0. The lowest BCUT2D eigenvalue weighted by Crippen LogP contribution is -2.29. The van der Waals surface area contributed by atoms with E-state index in [9.17, 15) is 9.59 Å². The van der Waals surface area contributed by atoms with Gasteiger partial charge >= 0.3 is 11.9 Å². The van der Waals surface area contributed by atoms with E-state index < -0.39 is 6.17 Å². The van der Waals surface area contributed by atoms with E-state index in [4.69, 9.17) is 18.9 Å². The zero-order chi connectivity index (χ0) is 41.5. The van der Waals surface area contributed by atoms with Gasteiger partial charge in [-0.3, -0.25) is 0 Å². The first kappa shape index (κ1) is 47.4. The number of hydrogen-bond acceptors (Lipinski definition) is 6. The maximum Gasteiger partial charge on any atom is 0.330 e. The average molecular weight is 819 g/mol. The lowest BCUT2D eigenvalue weighted by molar-refractivity contribution is -0.138. The Labute approximate surface area is 358 Å². The molecule has 5 rings (SSSR count). The van der Waals surface area contributed by atoms with Crippen molar-refractivity contribution in [3.8, 4) is 23.7 Å². The summed E-state index contributed by atoms with van der Waals surface area (Å²) in [5, 5.41) is 0. The first-order valence-electron chi connectivity index (χ1n) is 24.4. The molecule has 0 aromatic rings. The van der Waals surface area contributed by atoms with E-state index in [1.165, 1.54) is 115 Å². The zero-order valence-corrected chi connectivity index (χ0v) is 36.7. The minimum absolute atomic E-state index is 0.106. The fourth-order valence-corrected chi connectivity index (χ4v) is 10.9. The van der Waals surface area contributed by atoms with Gasteiger partial charge in [-0.1, -0.05) is 49.7 Å². The molecule has 0 aromatic carbocycles. The van der Waals surface area contributed by atoms with Gasteiger partial charge in [0.15, 0.2) is 0 Å². The van der Waals surface area contributed by atoms with E-state index in [-0.39, 0.29) is 23.8 Å². The van der Waals surface area contributed by atoms with Crippen LogP contribution in [0.3, 0.4) is 0 Å². The number of carbonyl (C=O) groups is 2. The molecule has 3 atom stereocenters. The number of carbonyl (C=O) groups excluding carboxylic acids is 2. The molecular formula is C52H79FO6. The molecule has 59 heavy (non-hydrogen) atoms. The molecule has 0 heterocycles. The molecule has 0 amide bonds. The van der Waals surface area contributed by atoms with Gasteiger partial charge in [0.1, 0.15) is 6.17 Å². The summed E-state index contributed by atoms with van der Waals surface area (Å²) in [6, 6.07) is 0. The van der Waals surface area contributed by atoms with Gasteiger partial charge in [-0.25, -0.2) is 14.0 Å². The van der Waals surface area contributed by atoms with Crippen molar-refractivity contribution in [2.24, 2.45) is 47.3 Å². The van der Waals surface area contributed by atoms with Crippen molar-refractivity contribution in [1.82, 2.24) is 0 Å². The number of ether oxygens (including phenoxy) is 4. The van der Waals surface area contributed by atoms with Crippen LogP contribution in [0.5, 0.6) is 0 Å². The van der Waals surface area contributed by atoms with Gasteiger partial charge in [-0.05, 0) is 184 Å². The van der Waals surface area contributed by atoms with Crippen LogP contribution in [0.15, 0.2) is 25.3 Å². The maximum atomic E-state index is 15.4. The molecule has 0 aromatic heterocycles. The summed E-state index contributed by atoms with van der Waals surface area (Å²) >= 11 is 0. The third-order valence-corrected chi connectivity index (χ3v) is 14.7. The normalized spacial score (nSPS) is 32.3. The first-order chi connectivity index (χ1) is 28.9. The number of rotatable bonds is 20. The highest BCUT2D eigenvalue weighted by Crippen LogP contribution is 2.42. The van der Waals surface area contributed by atoms with Crippen molar-refractivity contribution in [3.63, 3.8) is 0 Å². The van der Waals surface area contributed by atoms with Crippen LogP contribution in [0.1, 0.15) is 173 Å². The van der Waals surface area contributed by atoms with Crippen LogP contribution in [0, 0.1) is 71.0 Å². The minimum atomic E-state index is -0.839. The third-order valence-electron chi connectivity index (χ3n) is 14.7. The predicted molar refractivity (Wildman–Crippen MR) is 235 cm³/mol. The van der Waals surface area contributed by atoms with Crippen LogP contribution in [0.2, 0.25) is 0 Å². The molecule has 5 saturated carbocycles. The molecule has 330 valence electrons. The Morgan fingerprint density at radius 1 is 0.458 bits per heavy atom. The van der Waals surface area contributed by atoms with Crippen molar-refractivity contribution in [2.75, 3.05) is 26.4 Å². The van der Waals surface area contributed by atoms with Crippen LogP contribution in [-0.2, 0) is 28.5 Å². The van der Waals surface area contributed by atoms with Crippen LogP contribution < -0.4 is 0 Å². The molecule has 5 aliphatic carbocycles. The Bertz CT molecular complexity index is 1360. The molecule has 0 N–H and O–H groups in total. The Morgan fingerprint density at radius 3 is 1.22 bits per heavy atom. The number of halogens is 1. The van der Waals surface area contributed by atoms with Gasteiger partial charge in [0, 0.05) is 43.1 Å². The highest BCUT2D eigenvalue weighted by molar-refractivity contribution is 5.81. The lowest BCUT2D eigenvalue weighted by atomic mass is 9.70. The number of esters is 2. The van der Waals surface area contributed by atoms with Gasteiger partial charge in [0.25, 0.3) is 0 Å². The Kier molecular flexibility index (Phi) is 22.0. The van der Waals surface area contributed by atoms with Crippen LogP contribution in [0.4, 0.5) is 4.39 Å². The largest absolute Gasteiger partial charge is 0.463 e. The summed E-state index contributed by atoms with van der Waals surface area (Å²) in [7, 11) is 0. The van der Waals surface area contributed by atoms with Crippen LogP contribution in [-0.4, -0.2) is 56.7 Å². The summed E-state index contributed by atoms with van der Waals surface area (Å²) in [5.74, 6) is 17.9. The summed E-state index contributed by atoms with van der Waals surface area (Å²) < 4.78 is 37.9. The standard InChI is InChI=1S/C52H79FO6/c1-3-51(54)58-37-11-7-5-9-35-56-48-31-27-45(28-32-48)43-21-15-40(16-22-43)13-14-42-20-26-47(50(53)39-42)25-19-41-17-23-44(24-18-41)46-29-33-49(34-30-46)57-36-10-6-8-12-38-59-52(55)4-2/h3-4,40-50H,1-2,5-12,15-18,20-24,26-39H2. The summed E-state index contributed by atoms with van der Waals surface area (Å²) in [6.45, 7) is 9.48. The van der Waals surface area contributed by atoms with E-state index in [1.54, 1.807) is 0 Å². The van der Waals surface area contributed by atoms with Gasteiger partial charge in [0.05, 0.1) is 31.3 Å². The van der Waals surface area contributed by atoms with Gasteiger partial charge in [0.2, 0.25) is 0 Å².